The molecule has 3 N–H and O–H groups in total. The molecule has 6 nitrogen and oxygen atoms in total. The number of hydrogen-bond acceptors (Lipinski definition) is 3. The number of carbonyl (C=O) groups is 2. The Bertz CT molecular complexity index is 817. The topological polar surface area (TPSA) is 79.5 Å². The number of urea groups is 1. The maximum absolute atomic E-state index is 13.0. The normalized spacial score (nSPS) is 14.9. The van der Waals surface area contributed by atoms with Crippen LogP contribution in [0, 0.1) is 0 Å². The van der Waals surface area contributed by atoms with Gasteiger partial charge in [0, 0.05) is 20.2 Å². The van der Waals surface area contributed by atoms with Crippen LogP contribution in [-0.4, -0.2) is 24.6 Å². The average Bonchev–Trinajstić information content (AvgIpc) is 3.22. The summed E-state index contributed by atoms with van der Waals surface area (Å²) in [5, 5.41) is 8.83. The van der Waals surface area contributed by atoms with Crippen LogP contribution in [0.3, 0.4) is 0 Å². The molecule has 0 spiro atoms. The molecule has 1 aliphatic rings. The summed E-state index contributed by atoms with van der Waals surface area (Å²) < 4.78 is 5.23. The lowest BCUT2D eigenvalue weighted by Gasteiger charge is -2.29. The van der Waals surface area contributed by atoms with E-state index in [1.165, 1.54) is 0 Å². The summed E-state index contributed by atoms with van der Waals surface area (Å²) in [6.45, 7) is 1.33. The number of carbonyl (C=O) groups excluding carboxylic acids is 2. The molecule has 1 aliphatic carbocycles. The lowest BCUT2D eigenvalue weighted by molar-refractivity contribution is -0.127. The quantitative estimate of drug-likeness (QED) is 0.642. The monoisotopic (exact) mass is 395 g/mol. The zero-order chi connectivity index (χ0) is 20.5. The molecule has 0 aromatic heterocycles. The largest absolute Gasteiger partial charge is 0.380 e. The Morgan fingerprint density at radius 3 is 2.24 bits per heavy atom. The van der Waals surface area contributed by atoms with E-state index in [0.717, 1.165) is 29.5 Å². The van der Waals surface area contributed by atoms with Gasteiger partial charge < -0.3 is 20.7 Å². The van der Waals surface area contributed by atoms with E-state index in [2.05, 4.69) is 16.0 Å². The van der Waals surface area contributed by atoms with E-state index in [4.69, 9.17) is 4.74 Å². The summed E-state index contributed by atoms with van der Waals surface area (Å²) in [4.78, 5) is 25.5. The Balaban J connectivity index is 1.59. The number of hydrogen-bond donors (Lipinski definition) is 3. The number of methoxy groups -OCH3 is 1. The zero-order valence-electron chi connectivity index (χ0n) is 16.9. The van der Waals surface area contributed by atoms with E-state index in [1.807, 2.05) is 54.6 Å². The first-order valence-corrected chi connectivity index (χ1v) is 10.1. The van der Waals surface area contributed by atoms with E-state index in [0.29, 0.717) is 32.5 Å². The van der Waals surface area contributed by atoms with Crippen molar-refractivity contribution in [1.29, 1.82) is 0 Å². The number of rotatable bonds is 8. The molecule has 3 rings (SSSR count). The van der Waals surface area contributed by atoms with Crippen LogP contribution >= 0.6 is 0 Å². The van der Waals surface area contributed by atoms with E-state index in [9.17, 15) is 9.59 Å². The second kappa shape index (κ2) is 10.1. The third-order valence-corrected chi connectivity index (χ3v) is 5.40. The average molecular weight is 396 g/mol. The molecule has 2 aromatic rings. The van der Waals surface area contributed by atoms with Crippen LogP contribution in [0.15, 0.2) is 54.6 Å². The van der Waals surface area contributed by atoms with E-state index in [1.54, 1.807) is 7.11 Å². The number of benzene rings is 2. The Labute approximate surface area is 172 Å². The molecule has 0 unspecified atom stereocenters. The van der Waals surface area contributed by atoms with Gasteiger partial charge in [0.2, 0.25) is 5.91 Å². The van der Waals surface area contributed by atoms with Crippen molar-refractivity contribution in [2.24, 2.45) is 0 Å². The molecule has 0 atom stereocenters. The maximum atomic E-state index is 13.0. The minimum Gasteiger partial charge on any atom is -0.380 e. The Hall–Kier alpha value is -2.86. The molecule has 1 saturated carbocycles. The summed E-state index contributed by atoms with van der Waals surface area (Å²) in [6, 6.07) is 17.3. The van der Waals surface area contributed by atoms with Gasteiger partial charge in [-0.05, 0) is 29.5 Å². The predicted molar refractivity (Wildman–Crippen MR) is 112 cm³/mol. The fraction of sp³-hybridized carbons (Fsp3) is 0.391. The van der Waals surface area contributed by atoms with E-state index < -0.39 is 5.54 Å². The van der Waals surface area contributed by atoms with Crippen LogP contribution < -0.4 is 16.0 Å². The third kappa shape index (κ3) is 5.57. The van der Waals surface area contributed by atoms with Crippen molar-refractivity contribution in [2.45, 2.75) is 50.9 Å². The van der Waals surface area contributed by atoms with Crippen LogP contribution in [0.25, 0.3) is 0 Å². The predicted octanol–water partition coefficient (Wildman–Crippen LogP) is 3.26. The lowest BCUT2D eigenvalue weighted by Crippen LogP contribution is -2.59. The number of amides is 3. The molecule has 0 saturated heterocycles. The molecule has 1 fully saturated rings. The highest BCUT2D eigenvalue weighted by Gasteiger charge is 2.42. The maximum Gasteiger partial charge on any atom is 0.315 e. The van der Waals surface area contributed by atoms with E-state index >= 15 is 0 Å². The van der Waals surface area contributed by atoms with Gasteiger partial charge in [-0.25, -0.2) is 4.79 Å². The van der Waals surface area contributed by atoms with Crippen LogP contribution in [0.4, 0.5) is 4.79 Å². The van der Waals surface area contributed by atoms with Crippen molar-refractivity contribution in [3.8, 4) is 0 Å². The first-order chi connectivity index (χ1) is 14.1. The summed E-state index contributed by atoms with van der Waals surface area (Å²) >= 11 is 0. The summed E-state index contributed by atoms with van der Waals surface area (Å²) in [6.07, 6.45) is 3.15. The zero-order valence-corrected chi connectivity index (χ0v) is 16.9. The SMILES string of the molecule is COCc1ccccc1CNC(=O)C1(NC(=O)NCc2ccccc2)CCCC1. The van der Waals surface area contributed by atoms with Crippen molar-refractivity contribution < 1.29 is 14.3 Å². The number of nitrogens with one attached hydrogen (secondary N) is 3. The van der Waals surface area contributed by atoms with Crippen LogP contribution in [0.5, 0.6) is 0 Å². The Morgan fingerprint density at radius 2 is 1.55 bits per heavy atom. The van der Waals surface area contributed by atoms with Crippen LogP contribution in [0.1, 0.15) is 42.4 Å². The van der Waals surface area contributed by atoms with E-state index in [-0.39, 0.29) is 11.9 Å². The van der Waals surface area contributed by atoms with Gasteiger partial charge in [0.15, 0.2) is 0 Å². The highest BCUT2D eigenvalue weighted by atomic mass is 16.5. The van der Waals surface area contributed by atoms with Crippen molar-refractivity contribution in [3.05, 3.63) is 71.3 Å². The summed E-state index contributed by atoms with van der Waals surface area (Å²) in [7, 11) is 1.65. The molecule has 0 heterocycles. The van der Waals surface area contributed by atoms with Gasteiger partial charge in [-0.15, -0.1) is 0 Å². The van der Waals surface area contributed by atoms with Crippen molar-refractivity contribution in [3.63, 3.8) is 0 Å². The summed E-state index contributed by atoms with van der Waals surface area (Å²) in [5.74, 6) is -0.128. The fourth-order valence-electron chi connectivity index (χ4n) is 3.80. The first kappa shape index (κ1) is 20.9. The van der Waals surface area contributed by atoms with Crippen molar-refractivity contribution in [1.82, 2.24) is 16.0 Å². The molecule has 2 aromatic carbocycles. The first-order valence-electron chi connectivity index (χ1n) is 10.1. The molecule has 0 bridgehead atoms. The highest BCUT2D eigenvalue weighted by molar-refractivity contribution is 5.91. The van der Waals surface area contributed by atoms with Gasteiger partial charge in [-0.1, -0.05) is 67.4 Å². The fourth-order valence-corrected chi connectivity index (χ4v) is 3.80. The van der Waals surface area contributed by atoms with Gasteiger partial charge in [-0.3, -0.25) is 4.79 Å². The molecule has 154 valence electrons. The smallest absolute Gasteiger partial charge is 0.315 e. The van der Waals surface area contributed by atoms with Gasteiger partial charge in [0.25, 0.3) is 0 Å². The highest BCUT2D eigenvalue weighted by Crippen LogP contribution is 2.30. The second-order valence-corrected chi connectivity index (χ2v) is 7.47. The lowest BCUT2D eigenvalue weighted by atomic mass is 9.96. The molecule has 3 amide bonds. The Morgan fingerprint density at radius 1 is 0.897 bits per heavy atom. The van der Waals surface area contributed by atoms with Gasteiger partial charge in [0.1, 0.15) is 5.54 Å². The summed E-state index contributed by atoms with van der Waals surface area (Å²) in [5.41, 5.74) is 2.23. The minimum absolute atomic E-state index is 0.128. The van der Waals surface area contributed by atoms with Gasteiger partial charge in [-0.2, -0.15) is 0 Å². The second-order valence-electron chi connectivity index (χ2n) is 7.47. The number of ether oxygens (including phenoxy) is 1. The Kier molecular flexibility index (Phi) is 7.25. The third-order valence-electron chi connectivity index (χ3n) is 5.40. The van der Waals surface area contributed by atoms with Gasteiger partial charge >= 0.3 is 6.03 Å². The van der Waals surface area contributed by atoms with Crippen molar-refractivity contribution >= 4 is 11.9 Å². The molecular weight excluding hydrogens is 366 g/mol. The molecule has 0 radical (unpaired) electrons. The van der Waals surface area contributed by atoms with Gasteiger partial charge in [0.05, 0.1) is 6.61 Å². The van der Waals surface area contributed by atoms with Crippen LogP contribution in [-0.2, 0) is 29.2 Å². The molecule has 0 aliphatic heterocycles. The molecular formula is C23H29N3O3. The van der Waals surface area contributed by atoms with Crippen LogP contribution in [0.2, 0.25) is 0 Å². The van der Waals surface area contributed by atoms with Crippen molar-refractivity contribution in [2.75, 3.05) is 7.11 Å². The minimum atomic E-state index is -0.850. The molecule has 29 heavy (non-hydrogen) atoms. The molecule has 6 heteroatoms. The standard InChI is InChI=1S/C23H29N3O3/c1-29-17-20-12-6-5-11-19(20)16-24-21(27)23(13-7-8-14-23)26-22(28)25-15-18-9-3-2-4-10-18/h2-6,9-12H,7-8,13-17H2,1H3,(H,24,27)(H2,25,26,28).